The number of nitrogens with one attached hydrogen (secondary N) is 2. The Labute approximate surface area is 369 Å². The minimum absolute atomic E-state index is 0.0337. The Morgan fingerprint density at radius 1 is 0.968 bits per heavy atom. The van der Waals surface area contributed by atoms with Crippen LogP contribution in [0.15, 0.2) is 89.7 Å². The maximum absolute atomic E-state index is 13.9. The summed E-state index contributed by atoms with van der Waals surface area (Å²) in [6, 6.07) is 18.0. The smallest absolute Gasteiger partial charge is 0.268 e. The number of aromatic amines is 1. The van der Waals surface area contributed by atoms with E-state index < -0.39 is 45.2 Å². The van der Waals surface area contributed by atoms with Gasteiger partial charge in [-0.1, -0.05) is 54.8 Å². The van der Waals surface area contributed by atoms with Gasteiger partial charge in [0.2, 0.25) is 11.8 Å². The molecule has 16 heteroatoms. The summed E-state index contributed by atoms with van der Waals surface area (Å²) in [6.07, 6.45) is 9.18. The van der Waals surface area contributed by atoms with Gasteiger partial charge in [-0.15, -0.1) is 0 Å². The summed E-state index contributed by atoms with van der Waals surface area (Å²) < 4.78 is 68.4. The molecule has 0 radical (unpaired) electrons. The Bertz CT molecular complexity index is 2600. The highest BCUT2D eigenvalue weighted by Gasteiger charge is 2.43. The normalized spacial score (nSPS) is 19.0. The molecule has 3 N–H and O–H groups in total. The number of rotatable bonds is 12. The van der Waals surface area contributed by atoms with Crippen LogP contribution in [0.2, 0.25) is 10.0 Å². The Morgan fingerprint density at radius 3 is 2.44 bits per heavy atom. The lowest BCUT2D eigenvalue weighted by Gasteiger charge is -2.37. The number of hydrogen-bond donors (Lipinski definition) is 3. The summed E-state index contributed by atoms with van der Waals surface area (Å²) in [5.41, 5.74) is 4.41. The predicted molar refractivity (Wildman–Crippen MR) is 236 cm³/mol. The van der Waals surface area contributed by atoms with E-state index in [4.69, 9.17) is 32.7 Å². The Kier molecular flexibility index (Phi) is 12.3. The Balaban J connectivity index is 0.977. The molecule has 2 fully saturated rings. The first-order chi connectivity index (χ1) is 29.4. The van der Waals surface area contributed by atoms with Crippen molar-refractivity contribution >= 4 is 61.4 Å². The number of aromatic nitrogens is 3. The zero-order valence-corrected chi connectivity index (χ0v) is 36.9. The second-order valence-electron chi connectivity index (χ2n) is 17.7. The third kappa shape index (κ3) is 10.2. The number of amides is 1. The number of anilines is 1. The molecule has 2 aliphatic carbocycles. The quantitative estimate of drug-likeness (QED) is 0.111. The molecule has 4 heterocycles. The molecule has 0 atom stereocenters. The molecule has 3 aromatic heterocycles. The molecule has 0 unspecified atom stereocenters. The van der Waals surface area contributed by atoms with E-state index in [1.54, 1.807) is 30.5 Å². The molecule has 0 bridgehead atoms. The first-order valence-electron chi connectivity index (χ1n) is 20.9. The minimum atomic E-state index is -4.52. The SMILES string of the molecule is CC1(C)CCC(CC2CCN(c3ccc(C(=O)NS(=O)(=O)c4cnc(OCC5(O)CCC(F)(F)CC5)c(Cl)c4)c(Oc4cnc5[nH]ccc5c4)c3)CC2)=C(c2ccc(Cl)cc2)C1. The van der Waals surface area contributed by atoms with Crippen LogP contribution < -0.4 is 19.1 Å². The van der Waals surface area contributed by atoms with Gasteiger partial charge in [0.1, 0.15) is 33.7 Å². The lowest BCUT2D eigenvalue weighted by molar-refractivity contribution is -0.116. The standard InChI is InChI=1S/C46H49Cl2F2N5O6S/c1-44(2)13-9-31(38(25-44)30-3-5-33(47)6-4-30)21-29-11-19-55(20-12-29)34-7-8-37(40(23-34)61-35-22-32-10-18-51-41(32)52-26-35)42(56)54-62(58,59)36-24-39(48)43(53-27-36)60-28-45(57)14-16-46(49,50)17-15-45/h3-8,10,18,22-24,26-27,29,57H,9,11-17,19-21,25,28H2,1-2H3,(H,51,52)(H,54,56). The lowest BCUT2D eigenvalue weighted by Crippen LogP contribution is -2.43. The largest absolute Gasteiger partial charge is 0.474 e. The van der Waals surface area contributed by atoms with E-state index in [9.17, 15) is 27.1 Å². The van der Waals surface area contributed by atoms with Crippen LogP contribution in [0.25, 0.3) is 16.6 Å². The van der Waals surface area contributed by atoms with Crippen molar-refractivity contribution in [3.05, 3.63) is 106 Å². The van der Waals surface area contributed by atoms with E-state index in [1.165, 1.54) is 22.9 Å². The topological polar surface area (TPSA) is 147 Å². The molecule has 11 nitrogen and oxygen atoms in total. The van der Waals surface area contributed by atoms with Crippen molar-refractivity contribution in [2.45, 2.75) is 94.5 Å². The van der Waals surface area contributed by atoms with Crippen molar-refractivity contribution in [1.82, 2.24) is 19.7 Å². The number of carbonyl (C=O) groups is 1. The highest BCUT2D eigenvalue weighted by atomic mass is 35.5. The monoisotopic (exact) mass is 907 g/mol. The summed E-state index contributed by atoms with van der Waals surface area (Å²) in [7, 11) is -4.52. The number of hydrogen-bond acceptors (Lipinski definition) is 9. The third-order valence-electron chi connectivity index (χ3n) is 12.4. The summed E-state index contributed by atoms with van der Waals surface area (Å²) in [4.78, 5) is 27.1. The maximum Gasteiger partial charge on any atom is 0.268 e. The van der Waals surface area contributed by atoms with Gasteiger partial charge in [0.05, 0.1) is 23.6 Å². The number of allylic oxidation sites excluding steroid dienone is 2. The van der Waals surface area contributed by atoms with Gasteiger partial charge < -0.3 is 24.5 Å². The number of nitrogens with zero attached hydrogens (tertiary/aromatic N) is 3. The average Bonchev–Trinajstić information content (AvgIpc) is 3.71. The van der Waals surface area contributed by atoms with Gasteiger partial charge in [-0.3, -0.25) is 4.79 Å². The van der Waals surface area contributed by atoms with Gasteiger partial charge in [-0.05, 0) is 116 Å². The van der Waals surface area contributed by atoms with Gasteiger partial charge >= 0.3 is 0 Å². The number of benzene rings is 2. The molecule has 1 saturated heterocycles. The molecule has 0 spiro atoms. The number of H-pyrrole nitrogens is 1. The molecule has 1 aliphatic heterocycles. The molecule has 3 aliphatic rings. The van der Waals surface area contributed by atoms with E-state index in [-0.39, 0.29) is 47.1 Å². The van der Waals surface area contributed by atoms with Crippen molar-refractivity contribution in [3.8, 4) is 17.4 Å². The fraction of sp³-hybridized carbons (Fsp3) is 0.413. The first-order valence-corrected chi connectivity index (χ1v) is 23.1. The zero-order valence-electron chi connectivity index (χ0n) is 34.5. The van der Waals surface area contributed by atoms with Gasteiger partial charge in [0, 0.05) is 54.3 Å². The van der Waals surface area contributed by atoms with Crippen LogP contribution in [0.3, 0.4) is 0 Å². The van der Waals surface area contributed by atoms with Crippen LogP contribution in [0.5, 0.6) is 17.4 Å². The van der Waals surface area contributed by atoms with Crippen molar-refractivity contribution < 1.29 is 36.6 Å². The number of alkyl halides is 2. The molecular weight excluding hydrogens is 860 g/mol. The predicted octanol–water partition coefficient (Wildman–Crippen LogP) is 10.8. The number of ether oxygens (including phenoxy) is 2. The van der Waals surface area contributed by atoms with Crippen LogP contribution in [0.4, 0.5) is 14.5 Å². The van der Waals surface area contributed by atoms with Crippen LogP contribution in [0.1, 0.15) is 94.0 Å². The first kappa shape index (κ1) is 43.9. The average molecular weight is 909 g/mol. The summed E-state index contributed by atoms with van der Waals surface area (Å²) in [6.45, 7) is 5.90. The fourth-order valence-corrected chi connectivity index (χ4v) is 10.0. The van der Waals surface area contributed by atoms with Gasteiger partial charge in [0.25, 0.3) is 15.9 Å². The Morgan fingerprint density at radius 2 is 1.71 bits per heavy atom. The van der Waals surface area contributed by atoms with Gasteiger partial charge in [0.15, 0.2) is 0 Å². The number of halogens is 4. The summed E-state index contributed by atoms with van der Waals surface area (Å²) in [5.74, 6) is -2.99. The molecule has 1 amide bonds. The van der Waals surface area contributed by atoms with Crippen molar-refractivity contribution in [2.75, 3.05) is 24.6 Å². The maximum atomic E-state index is 13.9. The Hall–Kier alpha value is -4.76. The van der Waals surface area contributed by atoms with Crippen molar-refractivity contribution in [1.29, 1.82) is 0 Å². The third-order valence-corrected chi connectivity index (χ3v) is 14.2. The van der Waals surface area contributed by atoms with Gasteiger partial charge in [-0.2, -0.15) is 0 Å². The summed E-state index contributed by atoms with van der Waals surface area (Å²) in [5, 5.41) is 12.0. The second kappa shape index (κ2) is 17.4. The molecule has 8 rings (SSSR count). The number of pyridine rings is 2. The number of piperidine rings is 1. The van der Waals surface area contributed by atoms with Crippen molar-refractivity contribution in [2.24, 2.45) is 11.3 Å². The van der Waals surface area contributed by atoms with Crippen LogP contribution in [-0.2, 0) is 10.0 Å². The van der Waals surface area contributed by atoms with E-state index in [2.05, 4.69) is 50.6 Å². The number of aliphatic hydroxyl groups is 1. The van der Waals surface area contributed by atoms with Crippen LogP contribution in [-0.4, -0.2) is 65.6 Å². The molecule has 62 heavy (non-hydrogen) atoms. The lowest BCUT2D eigenvalue weighted by atomic mass is 9.70. The molecular formula is C46H49Cl2F2N5O6S. The molecule has 5 aromatic rings. The minimum Gasteiger partial charge on any atom is -0.474 e. The fourth-order valence-electron chi connectivity index (χ4n) is 8.67. The van der Waals surface area contributed by atoms with E-state index in [0.717, 1.165) is 80.0 Å². The van der Waals surface area contributed by atoms with Crippen LogP contribution >= 0.6 is 23.2 Å². The molecule has 1 saturated carbocycles. The molecule has 2 aromatic carbocycles. The molecule has 328 valence electrons. The summed E-state index contributed by atoms with van der Waals surface area (Å²) >= 11 is 12.6. The number of sulfonamides is 1. The van der Waals surface area contributed by atoms with Crippen LogP contribution in [0, 0.1) is 11.3 Å². The van der Waals surface area contributed by atoms with E-state index in [1.807, 2.05) is 18.2 Å². The number of carbonyl (C=O) groups excluding carboxylic acids is 1. The highest BCUT2D eigenvalue weighted by molar-refractivity contribution is 7.90. The zero-order chi connectivity index (χ0) is 43.9. The van der Waals surface area contributed by atoms with E-state index >= 15 is 0 Å². The van der Waals surface area contributed by atoms with E-state index in [0.29, 0.717) is 17.3 Å². The van der Waals surface area contributed by atoms with Gasteiger partial charge in [-0.25, -0.2) is 31.9 Å². The number of fused-ring (bicyclic) bond motifs is 1. The van der Waals surface area contributed by atoms with Crippen molar-refractivity contribution in [3.63, 3.8) is 0 Å². The highest BCUT2D eigenvalue weighted by Crippen LogP contribution is 2.46. The second-order valence-corrected chi connectivity index (χ2v) is 20.2.